The molecule has 2 heterocycles. The number of aliphatic imine (C=N–C) groups is 1. The first-order chi connectivity index (χ1) is 11.6. The topological polar surface area (TPSA) is 63.6 Å². The zero-order valence-electron chi connectivity index (χ0n) is 14.0. The van der Waals surface area contributed by atoms with Crippen LogP contribution in [0.1, 0.15) is 25.3 Å². The predicted octanol–water partition coefficient (Wildman–Crippen LogP) is 3.12. The lowest BCUT2D eigenvalue weighted by atomic mass is 10.2. The van der Waals surface area contributed by atoms with Crippen LogP contribution in [-0.4, -0.2) is 47.3 Å². The van der Waals surface area contributed by atoms with E-state index >= 15 is 0 Å². The van der Waals surface area contributed by atoms with Crippen LogP contribution in [-0.2, 0) is 4.79 Å². The molecular weight excluding hydrogens is 342 g/mol. The molecule has 128 valence electrons. The highest BCUT2D eigenvalue weighted by Crippen LogP contribution is 2.31. The molecule has 0 aliphatic carbocycles. The number of thioether (sulfide) groups is 1. The second kappa shape index (κ2) is 7.63. The van der Waals surface area contributed by atoms with E-state index in [2.05, 4.69) is 22.2 Å². The number of hydrogen-bond acceptors (Lipinski definition) is 7. The Morgan fingerprint density at radius 3 is 3.04 bits per heavy atom. The van der Waals surface area contributed by atoms with Gasteiger partial charge >= 0.3 is 0 Å². The molecule has 2 aromatic rings. The fourth-order valence-corrected chi connectivity index (χ4v) is 4.47. The van der Waals surface area contributed by atoms with Crippen LogP contribution in [0.5, 0.6) is 5.75 Å². The number of fused-ring (bicyclic) bond motifs is 1. The van der Waals surface area contributed by atoms with Crippen LogP contribution >= 0.6 is 23.1 Å². The molecule has 1 aromatic heterocycles. The van der Waals surface area contributed by atoms with Crippen molar-refractivity contribution in [2.75, 3.05) is 19.4 Å². The average Bonchev–Trinajstić information content (AvgIpc) is 3.20. The fourth-order valence-electron chi connectivity index (χ4n) is 2.28. The number of carbonyl (C=O) groups excluding carboxylic acids is 1. The molecule has 2 unspecified atom stereocenters. The second-order valence-electron chi connectivity index (χ2n) is 5.85. The highest BCUT2D eigenvalue weighted by Gasteiger charge is 2.24. The van der Waals surface area contributed by atoms with Gasteiger partial charge in [-0.05, 0) is 45.5 Å². The summed E-state index contributed by atoms with van der Waals surface area (Å²) in [6.07, 6.45) is 0.961. The predicted molar refractivity (Wildman–Crippen MR) is 102 cm³/mol. The van der Waals surface area contributed by atoms with Gasteiger partial charge in [-0.2, -0.15) is 0 Å². The molecule has 24 heavy (non-hydrogen) atoms. The summed E-state index contributed by atoms with van der Waals surface area (Å²) in [5.41, 5.74) is 0.945. The zero-order chi connectivity index (χ0) is 17.1. The van der Waals surface area contributed by atoms with Gasteiger partial charge in [-0.15, -0.1) is 23.1 Å². The van der Waals surface area contributed by atoms with Gasteiger partial charge in [-0.25, -0.2) is 4.98 Å². The number of hydrogen-bond donors (Lipinski definition) is 1. The third kappa shape index (κ3) is 3.96. The van der Waals surface area contributed by atoms with Gasteiger partial charge in [-0.1, -0.05) is 0 Å². The van der Waals surface area contributed by atoms with E-state index in [4.69, 9.17) is 4.74 Å². The van der Waals surface area contributed by atoms with Crippen molar-refractivity contribution in [3.05, 3.63) is 23.2 Å². The Labute approximate surface area is 149 Å². The van der Waals surface area contributed by atoms with E-state index in [1.807, 2.05) is 25.2 Å². The standard InChI is InChI=1S/C17H21N3O2S2/c1-10(18-3)6-7-22-12-4-5-13-15(8-12)24-17(19-13)16-20-14(9-23-16)11(2)21/h4-5,8,10,14,18H,6-7,9H2,1-3H3. The number of rotatable bonds is 7. The number of aromatic nitrogens is 1. The highest BCUT2D eigenvalue weighted by molar-refractivity contribution is 8.15. The minimum Gasteiger partial charge on any atom is -0.493 e. The average molecular weight is 364 g/mol. The van der Waals surface area contributed by atoms with Crippen molar-refractivity contribution in [3.63, 3.8) is 0 Å². The van der Waals surface area contributed by atoms with E-state index < -0.39 is 0 Å². The fraction of sp³-hybridized carbons (Fsp3) is 0.471. The summed E-state index contributed by atoms with van der Waals surface area (Å²) in [4.78, 5) is 20.6. The molecule has 0 saturated heterocycles. The lowest BCUT2D eigenvalue weighted by Crippen LogP contribution is -2.23. The van der Waals surface area contributed by atoms with Crippen LogP contribution in [0, 0.1) is 0 Å². The molecule has 1 aliphatic heterocycles. The molecule has 1 N–H and O–H groups in total. The Kier molecular flexibility index (Phi) is 5.53. The first-order valence-electron chi connectivity index (χ1n) is 7.99. The van der Waals surface area contributed by atoms with Crippen LogP contribution in [0.15, 0.2) is 23.2 Å². The van der Waals surface area contributed by atoms with Gasteiger partial charge in [0.2, 0.25) is 0 Å². The molecule has 1 aromatic carbocycles. The molecule has 0 radical (unpaired) electrons. The van der Waals surface area contributed by atoms with Gasteiger partial charge in [0.25, 0.3) is 0 Å². The third-order valence-electron chi connectivity index (χ3n) is 3.98. The number of nitrogens with one attached hydrogen (secondary N) is 1. The van der Waals surface area contributed by atoms with Crippen LogP contribution < -0.4 is 10.1 Å². The minimum absolute atomic E-state index is 0.116. The zero-order valence-corrected chi connectivity index (χ0v) is 15.7. The Morgan fingerprint density at radius 2 is 2.33 bits per heavy atom. The lowest BCUT2D eigenvalue weighted by molar-refractivity contribution is -0.117. The molecule has 7 heteroatoms. The number of Topliss-reactive ketones (excluding diaryl/α,β-unsaturated/α-hetero) is 1. The highest BCUT2D eigenvalue weighted by atomic mass is 32.2. The quantitative estimate of drug-likeness (QED) is 0.819. The van der Waals surface area contributed by atoms with Crippen molar-refractivity contribution in [1.29, 1.82) is 0 Å². The van der Waals surface area contributed by atoms with Crippen LogP contribution in [0.4, 0.5) is 0 Å². The Balaban J connectivity index is 1.72. The van der Waals surface area contributed by atoms with Gasteiger partial charge in [0, 0.05) is 11.8 Å². The number of thiazole rings is 1. The van der Waals surface area contributed by atoms with Crippen LogP contribution in [0.25, 0.3) is 10.2 Å². The molecule has 0 spiro atoms. The van der Waals surface area contributed by atoms with Crippen LogP contribution in [0.3, 0.4) is 0 Å². The molecule has 1 aliphatic rings. The Morgan fingerprint density at radius 1 is 1.50 bits per heavy atom. The SMILES string of the molecule is CNC(C)CCOc1ccc2nc(C3=NC(C(C)=O)CS3)sc2c1. The number of benzene rings is 1. The first kappa shape index (κ1) is 17.4. The monoisotopic (exact) mass is 363 g/mol. The maximum absolute atomic E-state index is 11.5. The number of carbonyl (C=O) groups is 1. The summed E-state index contributed by atoms with van der Waals surface area (Å²) in [5, 5.41) is 4.96. The van der Waals surface area contributed by atoms with E-state index in [1.54, 1.807) is 30.0 Å². The van der Waals surface area contributed by atoms with Crippen LogP contribution in [0.2, 0.25) is 0 Å². The van der Waals surface area contributed by atoms with Crippen molar-refractivity contribution in [2.24, 2.45) is 4.99 Å². The minimum atomic E-state index is -0.218. The number of ether oxygens (including phenoxy) is 1. The third-order valence-corrected chi connectivity index (χ3v) is 6.18. The van der Waals surface area contributed by atoms with Gasteiger partial charge in [0.15, 0.2) is 5.78 Å². The van der Waals surface area contributed by atoms with Crippen molar-refractivity contribution in [3.8, 4) is 5.75 Å². The first-order valence-corrected chi connectivity index (χ1v) is 9.79. The lowest BCUT2D eigenvalue weighted by Gasteiger charge is -2.10. The number of nitrogens with zero attached hydrogens (tertiary/aromatic N) is 2. The normalized spacial score (nSPS) is 18.6. The number of ketones is 1. The van der Waals surface area contributed by atoms with Crippen molar-refractivity contribution >= 4 is 44.1 Å². The van der Waals surface area contributed by atoms with Crippen molar-refractivity contribution in [2.45, 2.75) is 32.4 Å². The molecule has 0 amide bonds. The van der Waals surface area contributed by atoms with E-state index in [9.17, 15) is 4.79 Å². The van der Waals surface area contributed by atoms with Gasteiger partial charge < -0.3 is 10.1 Å². The largest absolute Gasteiger partial charge is 0.493 e. The summed E-state index contributed by atoms with van der Waals surface area (Å²) < 4.78 is 6.91. The molecule has 0 fully saturated rings. The van der Waals surface area contributed by atoms with E-state index in [0.717, 1.165) is 38.2 Å². The molecule has 0 bridgehead atoms. The van der Waals surface area contributed by atoms with Crippen molar-refractivity contribution < 1.29 is 9.53 Å². The summed E-state index contributed by atoms with van der Waals surface area (Å²) in [5.74, 6) is 1.70. The van der Waals surface area contributed by atoms with Gasteiger partial charge in [-0.3, -0.25) is 9.79 Å². The maximum atomic E-state index is 11.5. The summed E-state index contributed by atoms with van der Waals surface area (Å²) in [7, 11) is 1.95. The van der Waals surface area contributed by atoms with Gasteiger partial charge in [0.1, 0.15) is 21.8 Å². The Bertz CT molecular complexity index is 772. The Hall–Kier alpha value is -1.44. The summed E-state index contributed by atoms with van der Waals surface area (Å²) >= 11 is 3.21. The van der Waals surface area contributed by atoms with E-state index in [-0.39, 0.29) is 11.8 Å². The van der Waals surface area contributed by atoms with E-state index in [1.165, 1.54) is 0 Å². The summed E-state index contributed by atoms with van der Waals surface area (Å²) in [6.45, 7) is 4.41. The molecule has 5 nitrogen and oxygen atoms in total. The van der Waals surface area contributed by atoms with Gasteiger partial charge in [0.05, 0.1) is 16.8 Å². The van der Waals surface area contributed by atoms with E-state index in [0.29, 0.717) is 12.6 Å². The second-order valence-corrected chi connectivity index (χ2v) is 7.89. The smallest absolute Gasteiger partial charge is 0.155 e. The van der Waals surface area contributed by atoms with Crippen molar-refractivity contribution in [1.82, 2.24) is 10.3 Å². The molecule has 3 rings (SSSR count). The molecular formula is C17H21N3O2S2. The summed E-state index contributed by atoms with van der Waals surface area (Å²) in [6, 6.07) is 6.19. The molecule has 2 atom stereocenters. The molecule has 0 saturated carbocycles. The maximum Gasteiger partial charge on any atom is 0.155 e.